The Morgan fingerprint density at radius 1 is 0.636 bits per heavy atom. The van der Waals surface area contributed by atoms with Gasteiger partial charge in [0.05, 0.1) is 25.4 Å². The molecule has 0 aromatic heterocycles. The van der Waals surface area contributed by atoms with Gasteiger partial charge in [0.1, 0.15) is 24.4 Å². The maximum absolute atomic E-state index is 12.9. The van der Waals surface area contributed by atoms with Gasteiger partial charge in [0.15, 0.2) is 6.29 Å². The molecule has 6 N–H and O–H groups in total. The summed E-state index contributed by atoms with van der Waals surface area (Å²) in [6.07, 6.45) is 39.3. The Hall–Kier alpha value is -2.11. The first-order valence-corrected chi connectivity index (χ1v) is 22.0. The summed E-state index contributed by atoms with van der Waals surface area (Å²) in [4.78, 5) is 12.9. The maximum Gasteiger partial charge on any atom is 0.220 e. The van der Waals surface area contributed by atoms with E-state index < -0.39 is 49.5 Å². The number of aliphatic hydroxyl groups is 5. The highest BCUT2D eigenvalue weighted by molar-refractivity contribution is 5.76. The molecule has 1 saturated heterocycles. The molecule has 0 bridgehead atoms. The molecule has 1 aliphatic rings. The lowest BCUT2D eigenvalue weighted by molar-refractivity contribution is -0.302. The van der Waals surface area contributed by atoms with Gasteiger partial charge in [-0.3, -0.25) is 4.79 Å². The third kappa shape index (κ3) is 27.2. The second kappa shape index (κ2) is 36.2. The summed E-state index contributed by atoms with van der Waals surface area (Å²) in [5, 5.41) is 54.2. The van der Waals surface area contributed by atoms with Crippen LogP contribution in [0.25, 0.3) is 0 Å². The van der Waals surface area contributed by atoms with E-state index >= 15 is 0 Å². The Kier molecular flexibility index (Phi) is 33.5. The topological polar surface area (TPSA) is 149 Å². The average Bonchev–Trinajstić information content (AvgIpc) is 3.18. The number of ether oxygens (including phenoxy) is 2. The molecule has 7 unspecified atom stereocenters. The molecule has 55 heavy (non-hydrogen) atoms. The number of rotatable bonds is 35. The quantitative estimate of drug-likeness (QED) is 0.0277. The summed E-state index contributed by atoms with van der Waals surface area (Å²) in [7, 11) is 0. The van der Waals surface area contributed by atoms with Crippen molar-refractivity contribution in [3.63, 3.8) is 0 Å². The number of allylic oxidation sites excluding steroid dienone is 10. The molecule has 1 rings (SSSR count). The van der Waals surface area contributed by atoms with E-state index in [1.807, 2.05) is 0 Å². The van der Waals surface area contributed by atoms with E-state index in [9.17, 15) is 30.3 Å². The number of hydrogen-bond acceptors (Lipinski definition) is 8. The Morgan fingerprint density at radius 3 is 1.65 bits per heavy atom. The monoisotopic (exact) mass is 776 g/mol. The van der Waals surface area contributed by atoms with Crippen molar-refractivity contribution in [1.82, 2.24) is 5.32 Å². The van der Waals surface area contributed by atoms with Gasteiger partial charge in [-0.15, -0.1) is 0 Å². The van der Waals surface area contributed by atoms with Crippen LogP contribution in [0.3, 0.4) is 0 Å². The molecule has 0 aliphatic carbocycles. The van der Waals surface area contributed by atoms with Crippen LogP contribution in [0.15, 0.2) is 60.8 Å². The highest BCUT2D eigenvalue weighted by Gasteiger charge is 2.44. The Labute approximate surface area is 335 Å². The molecule has 1 fully saturated rings. The van der Waals surface area contributed by atoms with E-state index in [0.717, 1.165) is 77.0 Å². The molecule has 0 aromatic carbocycles. The zero-order chi connectivity index (χ0) is 40.2. The van der Waals surface area contributed by atoms with E-state index in [1.54, 1.807) is 0 Å². The third-order valence-electron chi connectivity index (χ3n) is 10.1. The van der Waals surface area contributed by atoms with Gasteiger partial charge in [-0.25, -0.2) is 0 Å². The summed E-state index contributed by atoms with van der Waals surface area (Å²) in [5.41, 5.74) is 0. The molecule has 1 aliphatic heterocycles. The number of carbonyl (C=O) groups is 1. The van der Waals surface area contributed by atoms with Crippen LogP contribution in [0.4, 0.5) is 0 Å². The minimum atomic E-state index is -1.56. The van der Waals surface area contributed by atoms with Gasteiger partial charge in [0.2, 0.25) is 5.91 Å². The smallest absolute Gasteiger partial charge is 0.220 e. The summed E-state index contributed by atoms with van der Waals surface area (Å²) < 4.78 is 11.2. The van der Waals surface area contributed by atoms with Crippen molar-refractivity contribution in [2.24, 2.45) is 0 Å². The molecule has 0 spiro atoms. The molecular weight excluding hydrogens is 695 g/mol. The Balaban J connectivity index is 2.39. The van der Waals surface area contributed by atoms with Gasteiger partial charge >= 0.3 is 0 Å². The second-order valence-electron chi connectivity index (χ2n) is 15.1. The molecule has 9 heteroatoms. The van der Waals surface area contributed by atoms with Crippen LogP contribution in [-0.4, -0.2) is 87.5 Å². The van der Waals surface area contributed by atoms with E-state index in [0.29, 0.717) is 12.8 Å². The van der Waals surface area contributed by atoms with E-state index in [-0.39, 0.29) is 12.5 Å². The summed E-state index contributed by atoms with van der Waals surface area (Å²) in [5.74, 6) is -0.179. The van der Waals surface area contributed by atoms with Crippen LogP contribution in [0.2, 0.25) is 0 Å². The number of unbranched alkanes of at least 4 members (excludes halogenated alkanes) is 15. The fraction of sp³-hybridized carbons (Fsp3) is 0.761. The maximum atomic E-state index is 12.9. The zero-order valence-corrected chi connectivity index (χ0v) is 34.7. The number of carbonyl (C=O) groups excluding carboxylic acids is 1. The Morgan fingerprint density at radius 2 is 1.13 bits per heavy atom. The fourth-order valence-electron chi connectivity index (χ4n) is 6.60. The molecule has 1 heterocycles. The van der Waals surface area contributed by atoms with E-state index in [1.165, 1.54) is 64.2 Å². The van der Waals surface area contributed by atoms with Crippen LogP contribution >= 0.6 is 0 Å². The van der Waals surface area contributed by atoms with Gasteiger partial charge in [0.25, 0.3) is 0 Å². The predicted octanol–water partition coefficient (Wildman–Crippen LogP) is 8.83. The van der Waals surface area contributed by atoms with Crippen LogP contribution in [-0.2, 0) is 14.3 Å². The Bertz CT molecular complexity index is 1040. The van der Waals surface area contributed by atoms with Crippen LogP contribution in [0, 0.1) is 0 Å². The van der Waals surface area contributed by atoms with Crippen LogP contribution < -0.4 is 5.32 Å². The highest BCUT2D eigenvalue weighted by atomic mass is 16.7. The van der Waals surface area contributed by atoms with Crippen molar-refractivity contribution in [3.8, 4) is 0 Å². The molecular formula is C46H81NO8. The van der Waals surface area contributed by atoms with Gasteiger partial charge in [-0.05, 0) is 57.8 Å². The molecule has 0 radical (unpaired) electrons. The van der Waals surface area contributed by atoms with Crippen LogP contribution in [0.5, 0.6) is 0 Å². The van der Waals surface area contributed by atoms with Gasteiger partial charge < -0.3 is 40.3 Å². The lowest BCUT2D eigenvalue weighted by Crippen LogP contribution is -2.60. The summed E-state index contributed by atoms with van der Waals surface area (Å²) in [6, 6.07) is -0.738. The van der Waals surface area contributed by atoms with Crippen molar-refractivity contribution in [1.29, 1.82) is 0 Å². The van der Waals surface area contributed by atoms with Gasteiger partial charge in [-0.1, -0.05) is 164 Å². The van der Waals surface area contributed by atoms with E-state index in [4.69, 9.17) is 9.47 Å². The van der Waals surface area contributed by atoms with Gasteiger partial charge in [0, 0.05) is 6.42 Å². The molecule has 9 nitrogen and oxygen atoms in total. The molecule has 318 valence electrons. The van der Waals surface area contributed by atoms with Crippen molar-refractivity contribution in [3.05, 3.63) is 60.8 Å². The zero-order valence-electron chi connectivity index (χ0n) is 34.7. The molecule has 7 atom stereocenters. The molecule has 1 amide bonds. The van der Waals surface area contributed by atoms with Crippen molar-refractivity contribution in [2.45, 2.75) is 211 Å². The minimum absolute atomic E-state index is 0.155. The van der Waals surface area contributed by atoms with E-state index in [2.05, 4.69) is 79.9 Å². The number of hydrogen-bond donors (Lipinski definition) is 6. The molecule has 0 saturated carbocycles. The first-order chi connectivity index (χ1) is 26.8. The first-order valence-electron chi connectivity index (χ1n) is 22.0. The normalized spacial score (nSPS) is 21.9. The summed E-state index contributed by atoms with van der Waals surface area (Å²) >= 11 is 0. The first kappa shape index (κ1) is 50.9. The number of amides is 1. The van der Waals surface area contributed by atoms with Crippen molar-refractivity contribution in [2.75, 3.05) is 13.2 Å². The average molecular weight is 776 g/mol. The SMILES string of the molecule is CC/C=C\C/C=C\C/C=C\C/C=C\C/C=C\CCCCCC(=O)NC(COC1OC(CO)C(O)C(O)C1O)C(O)CCCCCCCCCCCCCCC. The lowest BCUT2D eigenvalue weighted by atomic mass is 9.99. The number of aliphatic hydroxyl groups excluding tert-OH is 5. The second-order valence-corrected chi connectivity index (χ2v) is 15.1. The number of nitrogens with one attached hydrogen (secondary N) is 1. The predicted molar refractivity (Wildman–Crippen MR) is 226 cm³/mol. The van der Waals surface area contributed by atoms with Crippen molar-refractivity contribution < 1.29 is 39.8 Å². The standard InChI is InChI=1S/C46H81NO8/c1-3-5-7-9-11-13-15-17-18-19-20-21-22-24-26-28-30-32-34-36-42(50)47-39(38-54-46-45(53)44(52)43(51)41(37-48)55-46)40(49)35-33-31-29-27-25-23-16-14-12-10-8-6-4-2/h5,7,11,13,17-18,20-21,24,26,39-41,43-46,48-49,51-53H,3-4,6,8-10,12,14-16,19,22-23,25,27-38H2,1-2H3,(H,47,50)/b7-5-,13-11-,18-17-,21-20-,26-24-. The summed E-state index contributed by atoms with van der Waals surface area (Å²) in [6.45, 7) is 3.68. The largest absolute Gasteiger partial charge is 0.394 e. The van der Waals surface area contributed by atoms with Crippen LogP contribution in [0.1, 0.15) is 168 Å². The fourth-order valence-corrected chi connectivity index (χ4v) is 6.60. The highest BCUT2D eigenvalue weighted by Crippen LogP contribution is 2.23. The van der Waals surface area contributed by atoms with Crippen molar-refractivity contribution >= 4 is 5.91 Å². The lowest BCUT2D eigenvalue weighted by Gasteiger charge is -2.40. The third-order valence-corrected chi connectivity index (χ3v) is 10.1. The van der Waals surface area contributed by atoms with Gasteiger partial charge in [-0.2, -0.15) is 0 Å². The minimum Gasteiger partial charge on any atom is -0.394 e. The molecule has 0 aromatic rings.